The molecule has 3 rings (SSSR count). The Balaban J connectivity index is 1.67. The number of rotatable bonds is 11. The SMILES string of the molecule is COCOC[C@@]1(CCO[Si](C)(C)C(C)(C)C)O[C@@H]2O[C@@H]2[C@H]1OCc1ccccc1. The van der Waals surface area contributed by atoms with E-state index in [0.29, 0.717) is 26.2 Å². The molecule has 0 aromatic heterocycles. The van der Waals surface area contributed by atoms with Crippen LogP contribution in [-0.2, 0) is 34.7 Å². The minimum absolute atomic E-state index is 0.0438. The number of hydrogen-bond donors (Lipinski definition) is 0. The molecule has 7 heteroatoms. The van der Waals surface area contributed by atoms with Crippen molar-refractivity contribution in [2.75, 3.05) is 27.1 Å². The first kappa shape index (κ1) is 22.9. The molecule has 0 radical (unpaired) electrons. The normalized spacial score (nSPS) is 29.1. The molecule has 2 aliphatic heterocycles. The van der Waals surface area contributed by atoms with Gasteiger partial charge >= 0.3 is 0 Å². The largest absolute Gasteiger partial charge is 0.417 e. The van der Waals surface area contributed by atoms with E-state index in [1.807, 2.05) is 18.2 Å². The summed E-state index contributed by atoms with van der Waals surface area (Å²) in [5.74, 6) is 0. The van der Waals surface area contributed by atoms with Crippen LogP contribution in [-0.4, -0.2) is 59.5 Å². The molecule has 0 N–H and O–H groups in total. The highest BCUT2D eigenvalue weighted by Crippen LogP contribution is 2.48. The van der Waals surface area contributed by atoms with Crippen molar-refractivity contribution < 1.29 is 28.1 Å². The van der Waals surface area contributed by atoms with E-state index in [4.69, 9.17) is 28.1 Å². The first-order chi connectivity index (χ1) is 13.7. The molecule has 1 aromatic rings. The molecule has 0 spiro atoms. The van der Waals surface area contributed by atoms with Crippen molar-refractivity contribution in [3.63, 3.8) is 0 Å². The summed E-state index contributed by atoms with van der Waals surface area (Å²) in [5.41, 5.74) is 0.532. The van der Waals surface area contributed by atoms with Crippen LogP contribution >= 0.6 is 0 Å². The number of fused-ring (bicyclic) bond motifs is 1. The maximum absolute atomic E-state index is 6.42. The Kier molecular flexibility index (Phi) is 7.21. The van der Waals surface area contributed by atoms with Gasteiger partial charge in [0.1, 0.15) is 24.6 Å². The van der Waals surface area contributed by atoms with Crippen LogP contribution in [0.3, 0.4) is 0 Å². The molecule has 1 aromatic carbocycles. The summed E-state index contributed by atoms with van der Waals surface area (Å²) in [6, 6.07) is 10.2. The van der Waals surface area contributed by atoms with Crippen molar-refractivity contribution in [2.45, 2.75) is 76.0 Å². The fourth-order valence-electron chi connectivity index (χ4n) is 3.41. The van der Waals surface area contributed by atoms with Crippen LogP contribution in [0.15, 0.2) is 30.3 Å². The second kappa shape index (κ2) is 9.14. The second-order valence-corrected chi connectivity index (χ2v) is 14.3. The topological polar surface area (TPSA) is 58.7 Å². The molecule has 0 saturated carbocycles. The van der Waals surface area contributed by atoms with Crippen molar-refractivity contribution in [3.05, 3.63) is 35.9 Å². The lowest BCUT2D eigenvalue weighted by molar-refractivity contribution is -0.205. The zero-order valence-electron chi connectivity index (χ0n) is 18.6. The highest BCUT2D eigenvalue weighted by atomic mass is 28.4. The Morgan fingerprint density at radius 1 is 1.14 bits per heavy atom. The van der Waals surface area contributed by atoms with Gasteiger partial charge in [0.25, 0.3) is 0 Å². The molecule has 0 unspecified atom stereocenters. The van der Waals surface area contributed by atoms with E-state index in [1.54, 1.807) is 7.11 Å². The van der Waals surface area contributed by atoms with Crippen LogP contribution in [0.1, 0.15) is 32.8 Å². The van der Waals surface area contributed by atoms with Crippen molar-refractivity contribution >= 4 is 8.32 Å². The molecule has 164 valence electrons. The fraction of sp³-hybridized carbons (Fsp3) is 0.727. The first-order valence-electron chi connectivity index (χ1n) is 10.4. The van der Waals surface area contributed by atoms with Crippen LogP contribution < -0.4 is 0 Å². The minimum atomic E-state index is -1.84. The standard InChI is InChI=1S/C22H36O6Si/c1-21(2,3)29(5,6)26-13-12-22(15-24-16-23-4)19(18-20(27-18)28-22)25-14-17-10-8-7-9-11-17/h7-11,18-20H,12-16H2,1-6H3/t18-,19-,20+,22-/m1/s1. The molecular formula is C22H36O6Si. The third-order valence-electron chi connectivity index (χ3n) is 6.26. The molecule has 2 aliphatic rings. The molecule has 2 fully saturated rings. The van der Waals surface area contributed by atoms with E-state index in [-0.39, 0.29) is 30.3 Å². The summed E-state index contributed by atoms with van der Waals surface area (Å²) in [6.07, 6.45) is 0.235. The van der Waals surface area contributed by atoms with Crippen LogP contribution in [0.5, 0.6) is 0 Å². The van der Waals surface area contributed by atoms with Gasteiger partial charge in [0, 0.05) is 20.1 Å². The number of hydrogen-bond acceptors (Lipinski definition) is 6. The quantitative estimate of drug-likeness (QED) is 0.231. The van der Waals surface area contributed by atoms with Gasteiger partial charge in [0.2, 0.25) is 0 Å². The molecule has 29 heavy (non-hydrogen) atoms. The van der Waals surface area contributed by atoms with Gasteiger partial charge in [0.15, 0.2) is 14.6 Å². The molecule has 2 heterocycles. The van der Waals surface area contributed by atoms with Crippen molar-refractivity contribution in [3.8, 4) is 0 Å². The molecule has 0 amide bonds. The number of epoxide rings is 1. The summed E-state index contributed by atoms with van der Waals surface area (Å²) < 4.78 is 35.5. The van der Waals surface area contributed by atoms with E-state index in [2.05, 4.69) is 46.0 Å². The molecular weight excluding hydrogens is 388 g/mol. The van der Waals surface area contributed by atoms with Gasteiger partial charge in [-0.25, -0.2) is 0 Å². The van der Waals surface area contributed by atoms with Crippen molar-refractivity contribution in [1.29, 1.82) is 0 Å². The van der Waals surface area contributed by atoms with Crippen LogP contribution in [0.2, 0.25) is 18.1 Å². The second-order valence-electron chi connectivity index (χ2n) is 9.48. The number of benzene rings is 1. The van der Waals surface area contributed by atoms with E-state index >= 15 is 0 Å². The summed E-state index contributed by atoms with van der Waals surface area (Å²) >= 11 is 0. The van der Waals surface area contributed by atoms with Gasteiger partial charge in [-0.3, -0.25) is 0 Å². The summed E-state index contributed by atoms with van der Waals surface area (Å²) in [6.45, 7) is 13.0. The summed E-state index contributed by atoms with van der Waals surface area (Å²) in [5, 5.41) is 0.164. The summed E-state index contributed by atoms with van der Waals surface area (Å²) in [4.78, 5) is 0. The predicted octanol–water partition coefficient (Wildman–Crippen LogP) is 4.10. The van der Waals surface area contributed by atoms with Crippen molar-refractivity contribution in [1.82, 2.24) is 0 Å². The smallest absolute Gasteiger partial charge is 0.191 e. The van der Waals surface area contributed by atoms with Gasteiger partial charge in [-0.15, -0.1) is 0 Å². The average molecular weight is 425 g/mol. The van der Waals surface area contributed by atoms with Crippen LogP contribution in [0, 0.1) is 0 Å². The maximum Gasteiger partial charge on any atom is 0.191 e. The zero-order valence-corrected chi connectivity index (χ0v) is 19.6. The van der Waals surface area contributed by atoms with Crippen molar-refractivity contribution in [2.24, 2.45) is 0 Å². The van der Waals surface area contributed by atoms with Gasteiger partial charge in [-0.2, -0.15) is 0 Å². The predicted molar refractivity (Wildman–Crippen MR) is 113 cm³/mol. The average Bonchev–Trinajstić information content (AvgIpc) is 3.34. The summed E-state index contributed by atoms with van der Waals surface area (Å²) in [7, 11) is -0.222. The maximum atomic E-state index is 6.42. The van der Waals surface area contributed by atoms with E-state index in [9.17, 15) is 0 Å². The number of ether oxygens (including phenoxy) is 5. The monoisotopic (exact) mass is 424 g/mol. The van der Waals surface area contributed by atoms with Gasteiger partial charge in [-0.1, -0.05) is 51.1 Å². The lowest BCUT2D eigenvalue weighted by Gasteiger charge is -2.39. The molecule has 6 nitrogen and oxygen atoms in total. The van der Waals surface area contributed by atoms with E-state index < -0.39 is 13.9 Å². The van der Waals surface area contributed by atoms with E-state index in [0.717, 1.165) is 5.56 Å². The third kappa shape index (κ3) is 5.47. The molecule has 2 saturated heterocycles. The lowest BCUT2D eigenvalue weighted by Crippen LogP contribution is -2.51. The highest BCUT2D eigenvalue weighted by molar-refractivity contribution is 6.74. The highest BCUT2D eigenvalue weighted by Gasteiger charge is 2.65. The minimum Gasteiger partial charge on any atom is -0.417 e. The van der Waals surface area contributed by atoms with Gasteiger partial charge < -0.3 is 28.1 Å². The van der Waals surface area contributed by atoms with Crippen LogP contribution in [0.25, 0.3) is 0 Å². The molecule has 0 bridgehead atoms. The van der Waals surface area contributed by atoms with Gasteiger partial charge in [-0.05, 0) is 23.7 Å². The molecule has 4 atom stereocenters. The Bertz CT molecular complexity index is 646. The van der Waals surface area contributed by atoms with E-state index in [1.165, 1.54) is 0 Å². The first-order valence-corrected chi connectivity index (χ1v) is 13.3. The van der Waals surface area contributed by atoms with Crippen LogP contribution in [0.4, 0.5) is 0 Å². The third-order valence-corrected chi connectivity index (χ3v) is 10.8. The van der Waals surface area contributed by atoms with Gasteiger partial charge in [0.05, 0.1) is 13.2 Å². The molecule has 0 aliphatic carbocycles. The Hall–Kier alpha value is -0.803. The lowest BCUT2D eigenvalue weighted by atomic mass is 9.93. The Labute approximate surface area is 175 Å². The number of methoxy groups -OCH3 is 1. The fourth-order valence-corrected chi connectivity index (χ4v) is 4.45. The Morgan fingerprint density at radius 3 is 2.52 bits per heavy atom. The zero-order chi connectivity index (χ0) is 21.1. The Morgan fingerprint density at radius 2 is 1.86 bits per heavy atom.